The van der Waals surface area contributed by atoms with Gasteiger partial charge in [-0.2, -0.15) is 0 Å². The highest BCUT2D eigenvalue weighted by molar-refractivity contribution is 6.02. The van der Waals surface area contributed by atoms with E-state index < -0.39 is 11.4 Å². The number of anilines is 1. The largest absolute Gasteiger partial charge is 0.512 e. The van der Waals surface area contributed by atoms with Gasteiger partial charge in [0.2, 0.25) is 5.95 Å². The Morgan fingerprint density at radius 3 is 2.51 bits per heavy atom. The normalized spacial score (nSPS) is 19.8. The van der Waals surface area contributed by atoms with E-state index in [9.17, 15) is 9.90 Å². The Kier molecular flexibility index (Phi) is 8.91. The van der Waals surface area contributed by atoms with E-state index in [4.69, 9.17) is 10.1 Å². The summed E-state index contributed by atoms with van der Waals surface area (Å²) in [5.74, 6) is 2.14. The van der Waals surface area contributed by atoms with E-state index in [1.54, 1.807) is 0 Å². The van der Waals surface area contributed by atoms with Crippen LogP contribution in [0.3, 0.4) is 0 Å². The van der Waals surface area contributed by atoms with Gasteiger partial charge in [-0.25, -0.2) is 4.79 Å². The third-order valence-electron chi connectivity index (χ3n) is 8.20. The third kappa shape index (κ3) is 7.27. The average molecular weight is 589 g/mol. The first kappa shape index (κ1) is 30.3. The van der Waals surface area contributed by atoms with Crippen molar-refractivity contribution in [1.82, 2.24) is 30.1 Å². The van der Waals surface area contributed by atoms with Crippen molar-refractivity contribution in [3.8, 4) is 5.75 Å². The van der Waals surface area contributed by atoms with Crippen molar-refractivity contribution in [2.24, 2.45) is 11.3 Å². The fourth-order valence-electron chi connectivity index (χ4n) is 5.87. The second kappa shape index (κ2) is 12.6. The summed E-state index contributed by atoms with van der Waals surface area (Å²) in [4.78, 5) is 17.3. The fourth-order valence-corrected chi connectivity index (χ4v) is 5.87. The van der Waals surface area contributed by atoms with Crippen LogP contribution in [0.5, 0.6) is 5.75 Å². The van der Waals surface area contributed by atoms with E-state index >= 15 is 0 Å². The summed E-state index contributed by atoms with van der Waals surface area (Å²) in [6.45, 7) is 8.53. The Labute approximate surface area is 253 Å². The maximum Gasteiger partial charge on any atom is 0.320 e. The summed E-state index contributed by atoms with van der Waals surface area (Å²) >= 11 is 0. The van der Waals surface area contributed by atoms with Crippen molar-refractivity contribution in [2.75, 3.05) is 38.6 Å². The van der Waals surface area contributed by atoms with Crippen molar-refractivity contribution in [1.29, 1.82) is 5.41 Å². The summed E-state index contributed by atoms with van der Waals surface area (Å²) in [7, 11) is 4.26. The van der Waals surface area contributed by atoms with Crippen molar-refractivity contribution < 1.29 is 14.6 Å². The molecule has 230 valence electrons. The number of urea groups is 1. The van der Waals surface area contributed by atoms with E-state index in [0.717, 1.165) is 60.9 Å². The molecule has 0 radical (unpaired) electrons. The molecule has 1 fully saturated rings. The van der Waals surface area contributed by atoms with E-state index in [1.807, 2.05) is 67.8 Å². The number of rotatable bonds is 7. The lowest BCUT2D eigenvalue weighted by molar-refractivity contribution is 0.171. The van der Waals surface area contributed by atoms with Gasteiger partial charge in [0.25, 0.3) is 0 Å². The van der Waals surface area contributed by atoms with Gasteiger partial charge in [0.15, 0.2) is 5.65 Å². The lowest BCUT2D eigenvalue weighted by Gasteiger charge is -2.33. The SMILES string of the molecule is CN(C)CC1CCN(c2nnc3ccc(O[C@@H]4CCC(NC(=O)NC(=N)/C=C(\O)C(C)(C)C)c5ccccc54)cn23)CC1. The molecule has 0 spiro atoms. The van der Waals surface area contributed by atoms with Crippen molar-refractivity contribution in [3.63, 3.8) is 0 Å². The molecule has 1 unspecified atom stereocenters. The van der Waals surface area contributed by atoms with Gasteiger partial charge in [0, 0.05) is 31.1 Å². The molecule has 3 heterocycles. The van der Waals surface area contributed by atoms with Gasteiger partial charge in [-0.05, 0) is 69.0 Å². The second-order valence-electron chi connectivity index (χ2n) is 12.9. The van der Waals surface area contributed by atoms with Crippen LogP contribution in [0.4, 0.5) is 10.7 Å². The van der Waals surface area contributed by atoms with Gasteiger partial charge in [-0.15, -0.1) is 10.2 Å². The summed E-state index contributed by atoms with van der Waals surface area (Å²) in [6.07, 6.45) is 6.71. The number of hydrogen-bond acceptors (Lipinski definition) is 8. The standard InChI is InChI=1S/C32H44N8O3/c1-32(2,3)27(41)18-28(33)35-30(42)34-25-11-12-26(24-9-7-6-8-23(24)25)43-22-10-13-29-36-37-31(40(29)20-22)39-16-14-21(15-17-39)19-38(4)5/h6-10,13,18,20-21,25-26,41H,11-12,14-17,19H2,1-5H3,(H3,33,34,35,42)/b27-18-/t25?,26-/m1/s1. The van der Waals surface area contributed by atoms with E-state index in [2.05, 4.69) is 44.7 Å². The third-order valence-corrected chi connectivity index (χ3v) is 8.20. The summed E-state index contributed by atoms with van der Waals surface area (Å²) in [5, 5.41) is 32.6. The topological polar surface area (TPSA) is 131 Å². The zero-order valence-corrected chi connectivity index (χ0v) is 25.8. The number of amides is 2. The monoisotopic (exact) mass is 588 g/mol. The molecule has 1 aromatic carbocycles. The van der Waals surface area contributed by atoms with Gasteiger partial charge in [-0.3, -0.25) is 15.1 Å². The number of fused-ring (bicyclic) bond motifs is 2. The number of aromatic nitrogens is 3. The number of amidine groups is 1. The van der Waals surface area contributed by atoms with Gasteiger partial charge < -0.3 is 25.0 Å². The van der Waals surface area contributed by atoms with Gasteiger partial charge in [0.05, 0.1) is 12.2 Å². The van der Waals surface area contributed by atoms with Crippen LogP contribution in [0.15, 0.2) is 54.4 Å². The lowest BCUT2D eigenvalue weighted by atomic mass is 9.85. The van der Waals surface area contributed by atoms with E-state index in [1.165, 1.54) is 6.08 Å². The number of allylic oxidation sites excluding steroid dienone is 1. The van der Waals surface area contributed by atoms with Crippen molar-refractivity contribution in [3.05, 3.63) is 65.6 Å². The quantitative estimate of drug-likeness (QED) is 0.169. The Bertz CT molecular complexity index is 1480. The molecule has 2 amide bonds. The Morgan fingerprint density at radius 2 is 1.81 bits per heavy atom. The summed E-state index contributed by atoms with van der Waals surface area (Å²) in [6, 6.07) is 11.1. The van der Waals surface area contributed by atoms with Crippen LogP contribution in [0.1, 0.15) is 69.7 Å². The first-order valence-electron chi connectivity index (χ1n) is 15.0. The van der Waals surface area contributed by atoms with Crippen LogP contribution in [0.25, 0.3) is 5.65 Å². The van der Waals surface area contributed by atoms with Crippen LogP contribution >= 0.6 is 0 Å². The Hall–Kier alpha value is -4.12. The highest BCUT2D eigenvalue weighted by atomic mass is 16.5. The van der Waals surface area contributed by atoms with E-state index in [0.29, 0.717) is 18.8 Å². The molecule has 4 N–H and O–H groups in total. The molecular weight excluding hydrogens is 544 g/mol. The molecule has 2 aliphatic rings. The number of aliphatic hydroxyl groups is 1. The molecule has 0 saturated carbocycles. The molecule has 5 rings (SSSR count). The zero-order valence-electron chi connectivity index (χ0n) is 25.8. The van der Waals surface area contributed by atoms with Crippen molar-refractivity contribution >= 4 is 23.5 Å². The van der Waals surface area contributed by atoms with Crippen LogP contribution in [0, 0.1) is 16.7 Å². The van der Waals surface area contributed by atoms with Crippen LogP contribution in [-0.2, 0) is 0 Å². The predicted octanol–water partition coefficient (Wildman–Crippen LogP) is 5.23. The van der Waals surface area contributed by atoms with E-state index in [-0.39, 0.29) is 23.7 Å². The molecule has 1 saturated heterocycles. The summed E-state index contributed by atoms with van der Waals surface area (Å²) in [5.41, 5.74) is 2.28. The highest BCUT2D eigenvalue weighted by Gasteiger charge is 2.30. The number of carbonyl (C=O) groups is 1. The average Bonchev–Trinajstić information content (AvgIpc) is 3.37. The van der Waals surface area contributed by atoms with Crippen LogP contribution in [0.2, 0.25) is 0 Å². The molecule has 1 aliphatic heterocycles. The molecule has 11 heteroatoms. The zero-order chi connectivity index (χ0) is 30.7. The van der Waals surface area contributed by atoms with Gasteiger partial charge >= 0.3 is 6.03 Å². The number of ether oxygens (including phenoxy) is 1. The number of benzene rings is 1. The molecule has 0 bridgehead atoms. The van der Waals surface area contributed by atoms with Gasteiger partial charge in [0.1, 0.15) is 23.4 Å². The highest BCUT2D eigenvalue weighted by Crippen LogP contribution is 2.39. The lowest BCUT2D eigenvalue weighted by Crippen LogP contribution is -2.42. The number of hydrogen-bond donors (Lipinski definition) is 4. The van der Waals surface area contributed by atoms with Crippen LogP contribution < -0.4 is 20.3 Å². The minimum absolute atomic E-state index is 0.0298. The van der Waals surface area contributed by atoms with Gasteiger partial charge in [-0.1, -0.05) is 45.0 Å². The number of nitrogens with one attached hydrogen (secondary N) is 3. The molecule has 1 aliphatic carbocycles. The van der Waals surface area contributed by atoms with Crippen molar-refractivity contribution in [2.45, 2.75) is 58.6 Å². The minimum Gasteiger partial charge on any atom is -0.512 e. The molecule has 3 aromatic rings. The number of pyridine rings is 1. The number of piperidine rings is 1. The first-order valence-corrected chi connectivity index (χ1v) is 15.0. The summed E-state index contributed by atoms with van der Waals surface area (Å²) < 4.78 is 8.58. The number of carbonyl (C=O) groups excluding carboxylic acids is 1. The fraction of sp³-hybridized carbons (Fsp3) is 0.500. The molecular formula is C32H44N8O3. The first-order chi connectivity index (χ1) is 20.5. The minimum atomic E-state index is -0.509. The molecule has 43 heavy (non-hydrogen) atoms. The Morgan fingerprint density at radius 1 is 1.09 bits per heavy atom. The Balaban J connectivity index is 1.26. The maximum absolute atomic E-state index is 12.7. The molecule has 2 aromatic heterocycles. The second-order valence-corrected chi connectivity index (χ2v) is 12.9. The number of aliphatic hydroxyl groups excluding tert-OH is 1. The molecule has 2 atom stereocenters. The molecule has 11 nitrogen and oxygen atoms in total. The predicted molar refractivity (Wildman–Crippen MR) is 168 cm³/mol. The number of nitrogens with zero attached hydrogens (tertiary/aromatic N) is 5. The smallest absolute Gasteiger partial charge is 0.320 e. The van der Waals surface area contributed by atoms with Crippen LogP contribution in [-0.4, -0.2) is 70.2 Å². The maximum atomic E-state index is 12.7.